The lowest BCUT2D eigenvalue weighted by Gasteiger charge is -2.16. The number of nitrogens with zero attached hydrogens (tertiary/aromatic N) is 1. The highest BCUT2D eigenvalue weighted by atomic mass is 35.5. The minimum Gasteiger partial charge on any atom is -0.479 e. The van der Waals surface area contributed by atoms with E-state index in [1.54, 1.807) is 55.5 Å². The first-order valence-electron chi connectivity index (χ1n) is 9.16. The second-order valence-corrected chi connectivity index (χ2v) is 9.01. The minimum absolute atomic E-state index is 0.277. The number of carbonyl (C=O) groups excluding carboxylic acids is 1. The molecule has 2 aromatic carbocycles. The molecule has 28 heavy (non-hydrogen) atoms. The van der Waals surface area contributed by atoms with E-state index in [1.807, 2.05) is 0 Å². The molecule has 1 saturated heterocycles. The number of rotatable bonds is 7. The largest absolute Gasteiger partial charge is 0.479 e. The van der Waals surface area contributed by atoms with Crippen LogP contribution in [0.3, 0.4) is 0 Å². The molecule has 1 heterocycles. The summed E-state index contributed by atoms with van der Waals surface area (Å²) in [6.45, 7) is 3.07. The van der Waals surface area contributed by atoms with Crippen LogP contribution in [0.1, 0.15) is 25.3 Å². The van der Waals surface area contributed by atoms with Gasteiger partial charge in [0.15, 0.2) is 6.10 Å². The number of ether oxygens (including phenoxy) is 1. The molecule has 1 N–H and O–H groups in total. The Morgan fingerprint density at radius 3 is 2.43 bits per heavy atom. The smallest absolute Gasteiger partial charge is 0.261 e. The van der Waals surface area contributed by atoms with E-state index < -0.39 is 16.1 Å². The van der Waals surface area contributed by atoms with E-state index in [-0.39, 0.29) is 17.3 Å². The van der Waals surface area contributed by atoms with Crippen LogP contribution in [0, 0.1) is 0 Å². The maximum Gasteiger partial charge on any atom is 0.261 e. The Labute approximate surface area is 170 Å². The molecule has 1 fully saturated rings. The molecular weight excluding hydrogens is 400 g/mol. The lowest BCUT2D eigenvalue weighted by atomic mass is 10.2. The predicted molar refractivity (Wildman–Crippen MR) is 108 cm³/mol. The topological polar surface area (TPSA) is 75.7 Å². The van der Waals surface area contributed by atoms with E-state index in [2.05, 4.69) is 5.32 Å². The Bertz CT molecular complexity index is 925. The fourth-order valence-corrected chi connectivity index (χ4v) is 4.67. The van der Waals surface area contributed by atoms with Gasteiger partial charge in [-0.3, -0.25) is 4.79 Å². The molecule has 0 saturated carbocycles. The van der Waals surface area contributed by atoms with Gasteiger partial charge in [0.1, 0.15) is 5.75 Å². The van der Waals surface area contributed by atoms with E-state index in [9.17, 15) is 13.2 Å². The number of hydrogen-bond acceptors (Lipinski definition) is 4. The summed E-state index contributed by atoms with van der Waals surface area (Å²) < 4.78 is 32.2. The first-order chi connectivity index (χ1) is 13.4. The van der Waals surface area contributed by atoms with Crippen LogP contribution in [0.5, 0.6) is 5.75 Å². The van der Waals surface area contributed by atoms with Gasteiger partial charge in [-0.2, -0.15) is 4.31 Å². The van der Waals surface area contributed by atoms with E-state index in [4.69, 9.17) is 16.3 Å². The van der Waals surface area contributed by atoms with Crippen LogP contribution in [0.4, 0.5) is 0 Å². The Kier molecular flexibility index (Phi) is 6.59. The summed E-state index contributed by atoms with van der Waals surface area (Å²) in [5, 5.41) is 3.23. The number of carbonyl (C=O) groups is 1. The van der Waals surface area contributed by atoms with Crippen LogP contribution in [-0.2, 0) is 21.4 Å². The predicted octanol–water partition coefficient (Wildman–Crippen LogP) is 3.21. The number of para-hydroxylation sites is 1. The molecule has 2 aromatic rings. The fraction of sp³-hybridized carbons (Fsp3) is 0.350. The van der Waals surface area contributed by atoms with E-state index in [0.717, 1.165) is 18.4 Å². The van der Waals surface area contributed by atoms with Gasteiger partial charge >= 0.3 is 0 Å². The first-order valence-corrected chi connectivity index (χ1v) is 11.0. The lowest BCUT2D eigenvalue weighted by Crippen LogP contribution is -2.36. The summed E-state index contributed by atoms with van der Waals surface area (Å²) >= 11 is 6.04. The molecule has 0 aromatic heterocycles. The number of nitrogens with one attached hydrogen (secondary N) is 1. The third kappa shape index (κ3) is 4.84. The molecule has 0 bridgehead atoms. The first kappa shape index (κ1) is 20.6. The maximum absolute atomic E-state index is 12.5. The van der Waals surface area contributed by atoms with Crippen LogP contribution in [0.25, 0.3) is 0 Å². The molecule has 150 valence electrons. The van der Waals surface area contributed by atoms with Gasteiger partial charge in [0, 0.05) is 19.6 Å². The third-order valence-corrected chi connectivity index (χ3v) is 6.83. The summed E-state index contributed by atoms with van der Waals surface area (Å²) in [6, 6.07) is 13.5. The zero-order valence-corrected chi connectivity index (χ0v) is 17.2. The van der Waals surface area contributed by atoms with E-state index in [1.165, 1.54) is 4.31 Å². The monoisotopic (exact) mass is 422 g/mol. The van der Waals surface area contributed by atoms with E-state index in [0.29, 0.717) is 23.9 Å². The molecule has 1 aliphatic rings. The van der Waals surface area contributed by atoms with Crippen molar-refractivity contribution >= 4 is 27.5 Å². The average molecular weight is 423 g/mol. The van der Waals surface area contributed by atoms with Crippen molar-refractivity contribution in [3.8, 4) is 5.75 Å². The second-order valence-electron chi connectivity index (χ2n) is 6.66. The quantitative estimate of drug-likeness (QED) is 0.743. The normalized spacial score (nSPS) is 15.9. The van der Waals surface area contributed by atoms with Gasteiger partial charge in [0.2, 0.25) is 10.0 Å². The Balaban J connectivity index is 1.55. The highest BCUT2D eigenvalue weighted by Gasteiger charge is 2.26. The lowest BCUT2D eigenvalue weighted by molar-refractivity contribution is -0.127. The fourth-order valence-electron chi connectivity index (χ4n) is 2.97. The molecule has 0 spiro atoms. The number of hydrogen-bond donors (Lipinski definition) is 1. The summed E-state index contributed by atoms with van der Waals surface area (Å²) in [6.07, 6.45) is 1.09. The summed E-state index contributed by atoms with van der Waals surface area (Å²) in [5.74, 6) is 0.164. The van der Waals surface area contributed by atoms with Crippen LogP contribution in [0.2, 0.25) is 5.02 Å². The zero-order valence-electron chi connectivity index (χ0n) is 15.6. The zero-order chi connectivity index (χ0) is 20.1. The Morgan fingerprint density at radius 2 is 1.79 bits per heavy atom. The Morgan fingerprint density at radius 1 is 1.14 bits per heavy atom. The van der Waals surface area contributed by atoms with Gasteiger partial charge in [0.25, 0.3) is 5.91 Å². The van der Waals surface area contributed by atoms with Crippen LogP contribution < -0.4 is 10.1 Å². The minimum atomic E-state index is -3.43. The molecule has 0 radical (unpaired) electrons. The maximum atomic E-state index is 12.5. The standard InChI is InChI=1S/C20H23ClN2O4S/c1-15(27-19-7-3-2-6-18(19)21)20(24)22-14-16-8-10-17(11-9-16)28(25,26)23-12-4-5-13-23/h2-3,6-11,15H,4-5,12-14H2,1H3,(H,22,24). The highest BCUT2D eigenvalue weighted by Crippen LogP contribution is 2.24. The van der Waals surface area contributed by atoms with Crippen molar-refractivity contribution in [1.29, 1.82) is 0 Å². The van der Waals surface area contributed by atoms with Crippen molar-refractivity contribution < 1.29 is 17.9 Å². The highest BCUT2D eigenvalue weighted by molar-refractivity contribution is 7.89. The van der Waals surface area contributed by atoms with Gasteiger partial charge < -0.3 is 10.1 Å². The van der Waals surface area contributed by atoms with Crippen molar-refractivity contribution in [3.63, 3.8) is 0 Å². The van der Waals surface area contributed by atoms with Crippen molar-refractivity contribution in [3.05, 3.63) is 59.1 Å². The van der Waals surface area contributed by atoms with Gasteiger partial charge in [-0.15, -0.1) is 0 Å². The molecule has 1 amide bonds. The molecule has 1 atom stereocenters. The van der Waals surface area contributed by atoms with Crippen molar-refractivity contribution in [1.82, 2.24) is 9.62 Å². The third-order valence-electron chi connectivity index (χ3n) is 4.60. The molecule has 0 aliphatic carbocycles. The average Bonchev–Trinajstić information content (AvgIpc) is 3.24. The SMILES string of the molecule is CC(Oc1ccccc1Cl)C(=O)NCc1ccc(S(=O)(=O)N2CCCC2)cc1. The molecule has 8 heteroatoms. The Hall–Kier alpha value is -2.09. The van der Waals surface area contributed by atoms with Crippen molar-refractivity contribution in [2.45, 2.75) is 37.3 Å². The molecule has 6 nitrogen and oxygen atoms in total. The summed E-state index contributed by atoms with van der Waals surface area (Å²) in [4.78, 5) is 12.5. The summed E-state index contributed by atoms with van der Waals surface area (Å²) in [7, 11) is -3.43. The molecule has 1 aliphatic heterocycles. The van der Waals surface area contributed by atoms with Gasteiger partial charge in [0.05, 0.1) is 9.92 Å². The molecule has 3 rings (SSSR count). The molecule has 1 unspecified atom stereocenters. The number of sulfonamides is 1. The number of amides is 1. The summed E-state index contributed by atoms with van der Waals surface area (Å²) in [5.41, 5.74) is 0.804. The number of halogens is 1. The van der Waals surface area contributed by atoms with E-state index >= 15 is 0 Å². The van der Waals surface area contributed by atoms with Crippen molar-refractivity contribution in [2.24, 2.45) is 0 Å². The van der Waals surface area contributed by atoms with Crippen LogP contribution >= 0.6 is 11.6 Å². The van der Waals surface area contributed by atoms with Gasteiger partial charge in [-0.05, 0) is 49.6 Å². The molecular formula is C20H23ClN2O4S. The van der Waals surface area contributed by atoms with Gasteiger partial charge in [-0.25, -0.2) is 8.42 Å². The number of benzene rings is 2. The second kappa shape index (κ2) is 8.94. The van der Waals surface area contributed by atoms with Crippen molar-refractivity contribution in [2.75, 3.05) is 13.1 Å². The van der Waals surface area contributed by atoms with Crippen LogP contribution in [-0.4, -0.2) is 37.8 Å². The van der Waals surface area contributed by atoms with Gasteiger partial charge in [-0.1, -0.05) is 35.9 Å². The van der Waals surface area contributed by atoms with Crippen LogP contribution in [0.15, 0.2) is 53.4 Å².